The predicted molar refractivity (Wildman–Crippen MR) is 64.0 cm³/mol. The third kappa shape index (κ3) is 2.81. The molecule has 15 heavy (non-hydrogen) atoms. The number of rotatable bonds is 6. The molecule has 3 nitrogen and oxygen atoms in total. The first kappa shape index (κ1) is 12.2. The normalized spacial score (nSPS) is 13.1. The average Bonchev–Trinajstić information content (AvgIpc) is 2.68. The Bertz CT molecular complexity index is 291. The largest absolute Gasteiger partial charge is 0.328 e. The average molecular weight is 209 g/mol. The minimum atomic E-state index is 0.380. The highest BCUT2D eigenvalue weighted by Crippen LogP contribution is 2.16. The molecular formula is C12H23N3. The highest BCUT2D eigenvalue weighted by Gasteiger charge is 2.13. The second kappa shape index (κ2) is 5.91. The molecule has 0 aliphatic carbocycles. The van der Waals surface area contributed by atoms with E-state index in [0.717, 1.165) is 25.7 Å². The van der Waals surface area contributed by atoms with Crippen molar-refractivity contribution in [3.8, 4) is 0 Å². The van der Waals surface area contributed by atoms with Crippen molar-refractivity contribution in [2.24, 2.45) is 5.73 Å². The number of nitrogens with two attached hydrogens (primary N) is 1. The second-order valence-corrected chi connectivity index (χ2v) is 3.96. The quantitative estimate of drug-likeness (QED) is 0.781. The molecule has 1 heterocycles. The van der Waals surface area contributed by atoms with E-state index in [1.807, 2.05) is 0 Å². The number of aryl methyl sites for hydroxylation is 2. The van der Waals surface area contributed by atoms with Crippen molar-refractivity contribution < 1.29 is 0 Å². The minimum Gasteiger partial charge on any atom is -0.328 e. The number of hydrogen-bond acceptors (Lipinski definition) is 2. The van der Waals surface area contributed by atoms with E-state index >= 15 is 0 Å². The van der Waals surface area contributed by atoms with Crippen LogP contribution in [-0.2, 0) is 12.8 Å². The molecule has 0 saturated heterocycles. The molecule has 1 aromatic rings. The number of nitrogens with zero attached hydrogens (tertiary/aromatic N) is 2. The first-order valence-corrected chi connectivity index (χ1v) is 6.04. The van der Waals surface area contributed by atoms with Crippen molar-refractivity contribution in [1.82, 2.24) is 9.78 Å². The van der Waals surface area contributed by atoms with E-state index in [1.165, 1.54) is 11.4 Å². The number of aromatic nitrogens is 2. The standard InChI is InChI=1S/C12H23N3/c1-4-7-12(9-13)15-11(6-3)8-10(5-2)14-15/h8,12H,4-7,9,13H2,1-3H3. The molecule has 0 aliphatic heterocycles. The molecule has 0 spiro atoms. The van der Waals surface area contributed by atoms with Gasteiger partial charge in [-0.25, -0.2) is 0 Å². The van der Waals surface area contributed by atoms with E-state index in [4.69, 9.17) is 5.73 Å². The van der Waals surface area contributed by atoms with Crippen LogP contribution in [0.15, 0.2) is 6.07 Å². The van der Waals surface area contributed by atoms with Crippen LogP contribution in [0.4, 0.5) is 0 Å². The molecule has 0 saturated carbocycles. The minimum absolute atomic E-state index is 0.380. The van der Waals surface area contributed by atoms with E-state index in [9.17, 15) is 0 Å². The van der Waals surface area contributed by atoms with Gasteiger partial charge >= 0.3 is 0 Å². The molecule has 86 valence electrons. The molecule has 1 atom stereocenters. The Morgan fingerprint density at radius 1 is 1.33 bits per heavy atom. The Labute approximate surface area is 92.7 Å². The maximum absolute atomic E-state index is 5.80. The van der Waals surface area contributed by atoms with Gasteiger partial charge in [0.15, 0.2) is 0 Å². The van der Waals surface area contributed by atoms with Crippen molar-refractivity contribution in [2.45, 2.75) is 52.5 Å². The van der Waals surface area contributed by atoms with Gasteiger partial charge in [0, 0.05) is 12.2 Å². The maximum Gasteiger partial charge on any atom is 0.0644 e. The van der Waals surface area contributed by atoms with Gasteiger partial charge < -0.3 is 5.73 Å². The second-order valence-electron chi connectivity index (χ2n) is 3.96. The molecule has 3 heteroatoms. The van der Waals surface area contributed by atoms with Crippen molar-refractivity contribution in [3.05, 3.63) is 17.5 Å². The van der Waals surface area contributed by atoms with Gasteiger partial charge in [0.05, 0.1) is 11.7 Å². The summed E-state index contributed by atoms with van der Waals surface area (Å²) in [4.78, 5) is 0. The summed E-state index contributed by atoms with van der Waals surface area (Å²) in [5.74, 6) is 0. The predicted octanol–water partition coefficient (Wildman–Crippen LogP) is 2.31. The van der Waals surface area contributed by atoms with Crippen molar-refractivity contribution in [1.29, 1.82) is 0 Å². The molecule has 0 bridgehead atoms. The van der Waals surface area contributed by atoms with Crippen LogP contribution in [0.3, 0.4) is 0 Å². The van der Waals surface area contributed by atoms with Crippen LogP contribution in [0.2, 0.25) is 0 Å². The van der Waals surface area contributed by atoms with E-state index < -0.39 is 0 Å². The summed E-state index contributed by atoms with van der Waals surface area (Å²) < 4.78 is 2.14. The molecule has 1 aromatic heterocycles. The lowest BCUT2D eigenvalue weighted by Gasteiger charge is -2.17. The van der Waals surface area contributed by atoms with Crippen LogP contribution in [0, 0.1) is 0 Å². The summed E-state index contributed by atoms with van der Waals surface area (Å²) in [6.45, 7) is 7.19. The molecule has 0 amide bonds. The molecule has 0 aliphatic rings. The lowest BCUT2D eigenvalue weighted by molar-refractivity contribution is 0.415. The highest BCUT2D eigenvalue weighted by molar-refractivity contribution is 5.11. The van der Waals surface area contributed by atoms with Crippen LogP contribution in [0.25, 0.3) is 0 Å². The zero-order valence-electron chi connectivity index (χ0n) is 10.2. The van der Waals surface area contributed by atoms with Gasteiger partial charge in [0.1, 0.15) is 0 Å². The zero-order chi connectivity index (χ0) is 11.3. The van der Waals surface area contributed by atoms with Crippen LogP contribution < -0.4 is 5.73 Å². The fraction of sp³-hybridized carbons (Fsp3) is 0.750. The van der Waals surface area contributed by atoms with E-state index in [1.54, 1.807) is 0 Å². The first-order valence-electron chi connectivity index (χ1n) is 6.04. The van der Waals surface area contributed by atoms with Crippen molar-refractivity contribution in [2.75, 3.05) is 6.54 Å². The van der Waals surface area contributed by atoms with E-state index in [-0.39, 0.29) is 0 Å². The summed E-state index contributed by atoms with van der Waals surface area (Å²) >= 11 is 0. The van der Waals surface area contributed by atoms with Gasteiger partial charge in [-0.1, -0.05) is 27.2 Å². The highest BCUT2D eigenvalue weighted by atomic mass is 15.3. The Kier molecular flexibility index (Phi) is 4.82. The summed E-state index contributed by atoms with van der Waals surface area (Å²) in [6, 6.07) is 2.59. The van der Waals surface area contributed by atoms with Crippen LogP contribution in [0.5, 0.6) is 0 Å². The smallest absolute Gasteiger partial charge is 0.0644 e. The van der Waals surface area contributed by atoms with Gasteiger partial charge in [-0.2, -0.15) is 5.10 Å². The summed E-state index contributed by atoms with van der Waals surface area (Å²) in [5, 5.41) is 4.63. The topological polar surface area (TPSA) is 43.8 Å². The molecule has 2 N–H and O–H groups in total. The molecular weight excluding hydrogens is 186 g/mol. The Morgan fingerprint density at radius 2 is 2.07 bits per heavy atom. The molecule has 0 aromatic carbocycles. The van der Waals surface area contributed by atoms with Gasteiger partial charge in [0.2, 0.25) is 0 Å². The maximum atomic E-state index is 5.80. The van der Waals surface area contributed by atoms with Crippen LogP contribution in [-0.4, -0.2) is 16.3 Å². The number of hydrogen-bond donors (Lipinski definition) is 1. The van der Waals surface area contributed by atoms with Crippen molar-refractivity contribution in [3.63, 3.8) is 0 Å². The monoisotopic (exact) mass is 209 g/mol. The van der Waals surface area contributed by atoms with Gasteiger partial charge in [-0.3, -0.25) is 4.68 Å². The fourth-order valence-electron chi connectivity index (χ4n) is 1.92. The van der Waals surface area contributed by atoms with Gasteiger partial charge in [-0.15, -0.1) is 0 Å². The van der Waals surface area contributed by atoms with Gasteiger partial charge in [0.25, 0.3) is 0 Å². The Balaban J connectivity index is 2.93. The molecule has 1 rings (SSSR count). The summed E-state index contributed by atoms with van der Waals surface area (Å²) in [6.07, 6.45) is 4.32. The lowest BCUT2D eigenvalue weighted by atomic mass is 10.1. The third-order valence-corrected chi connectivity index (χ3v) is 2.83. The zero-order valence-corrected chi connectivity index (χ0v) is 10.2. The first-order chi connectivity index (χ1) is 7.26. The fourth-order valence-corrected chi connectivity index (χ4v) is 1.92. The van der Waals surface area contributed by atoms with Crippen LogP contribution >= 0.6 is 0 Å². The van der Waals surface area contributed by atoms with E-state index in [2.05, 4.69) is 36.6 Å². The van der Waals surface area contributed by atoms with Gasteiger partial charge in [-0.05, 0) is 25.3 Å². The SMILES string of the molecule is CCCC(CN)n1nc(CC)cc1CC. The Morgan fingerprint density at radius 3 is 2.53 bits per heavy atom. The lowest BCUT2D eigenvalue weighted by Crippen LogP contribution is -2.22. The molecule has 0 radical (unpaired) electrons. The molecule has 1 unspecified atom stereocenters. The third-order valence-electron chi connectivity index (χ3n) is 2.83. The van der Waals surface area contributed by atoms with E-state index in [0.29, 0.717) is 12.6 Å². The van der Waals surface area contributed by atoms with Crippen molar-refractivity contribution >= 4 is 0 Å². The summed E-state index contributed by atoms with van der Waals surface area (Å²) in [7, 11) is 0. The van der Waals surface area contributed by atoms with Crippen LogP contribution in [0.1, 0.15) is 51.0 Å². The Hall–Kier alpha value is -0.830. The molecule has 0 fully saturated rings. The summed E-state index contributed by atoms with van der Waals surface area (Å²) in [5.41, 5.74) is 8.30.